The fourth-order valence-corrected chi connectivity index (χ4v) is 2.95. The molecule has 5 heteroatoms. The number of carbonyl (C=O) groups excluding carboxylic acids is 1. The van der Waals surface area contributed by atoms with E-state index in [-0.39, 0.29) is 17.0 Å². The fourth-order valence-electron chi connectivity index (χ4n) is 2.95. The Kier molecular flexibility index (Phi) is 8.25. The van der Waals surface area contributed by atoms with Gasteiger partial charge in [0.05, 0.1) is 0 Å². The summed E-state index contributed by atoms with van der Waals surface area (Å²) in [5.74, 6) is 0.559. The summed E-state index contributed by atoms with van der Waals surface area (Å²) in [6.07, 6.45) is 5.49. The van der Waals surface area contributed by atoms with Crippen molar-refractivity contribution in [3.8, 4) is 6.07 Å². The van der Waals surface area contributed by atoms with Gasteiger partial charge < -0.3 is 10.3 Å². The van der Waals surface area contributed by atoms with Crippen LogP contribution < -0.4 is 10.9 Å². The van der Waals surface area contributed by atoms with E-state index in [0.717, 1.165) is 30.6 Å². The summed E-state index contributed by atoms with van der Waals surface area (Å²) in [6, 6.07) is 1.94. The summed E-state index contributed by atoms with van der Waals surface area (Å²) in [5, 5.41) is 12.1. The highest BCUT2D eigenvalue weighted by Gasteiger charge is 2.14. The number of nitriles is 1. The van der Waals surface area contributed by atoms with Gasteiger partial charge in [0.1, 0.15) is 11.6 Å². The molecule has 2 N–H and O–H groups in total. The number of amides is 1. The summed E-state index contributed by atoms with van der Waals surface area (Å²) in [4.78, 5) is 26.5. The average molecular weight is 331 g/mol. The number of aromatic nitrogens is 1. The monoisotopic (exact) mass is 331 g/mol. The van der Waals surface area contributed by atoms with Gasteiger partial charge in [-0.3, -0.25) is 9.59 Å². The summed E-state index contributed by atoms with van der Waals surface area (Å²) < 4.78 is 0. The van der Waals surface area contributed by atoms with Gasteiger partial charge in [-0.1, -0.05) is 33.1 Å². The number of H-pyrrole nitrogens is 1. The average Bonchev–Trinajstić information content (AvgIpc) is 2.54. The predicted molar refractivity (Wildman–Crippen MR) is 95.9 cm³/mol. The van der Waals surface area contributed by atoms with Gasteiger partial charge >= 0.3 is 0 Å². The maximum atomic E-state index is 12.1. The van der Waals surface area contributed by atoms with Crippen molar-refractivity contribution in [2.75, 3.05) is 6.54 Å². The van der Waals surface area contributed by atoms with E-state index in [9.17, 15) is 9.59 Å². The molecule has 0 fully saturated rings. The number of hydrogen-bond donors (Lipinski definition) is 2. The second kappa shape index (κ2) is 9.92. The normalized spacial score (nSPS) is 11.8. The number of nitrogens with one attached hydrogen (secondary N) is 2. The maximum Gasteiger partial charge on any atom is 0.266 e. The van der Waals surface area contributed by atoms with Crippen LogP contribution in [0, 0.1) is 31.1 Å². The smallest absolute Gasteiger partial charge is 0.266 e. The third-order valence-corrected chi connectivity index (χ3v) is 4.65. The molecule has 0 aliphatic heterocycles. The first-order valence-corrected chi connectivity index (χ1v) is 8.83. The Morgan fingerprint density at radius 2 is 2.04 bits per heavy atom. The lowest BCUT2D eigenvalue weighted by Gasteiger charge is -2.16. The minimum Gasteiger partial charge on any atom is -0.356 e. The topological polar surface area (TPSA) is 85.8 Å². The predicted octanol–water partition coefficient (Wildman–Crippen LogP) is 3.13. The molecule has 1 heterocycles. The third kappa shape index (κ3) is 5.52. The van der Waals surface area contributed by atoms with Crippen LogP contribution in [0.4, 0.5) is 0 Å². The molecule has 0 aliphatic carbocycles. The van der Waals surface area contributed by atoms with E-state index in [1.807, 2.05) is 6.07 Å². The van der Waals surface area contributed by atoms with Gasteiger partial charge in [0.2, 0.25) is 5.91 Å². The van der Waals surface area contributed by atoms with E-state index in [0.29, 0.717) is 24.3 Å². The number of pyridine rings is 1. The van der Waals surface area contributed by atoms with Gasteiger partial charge in [0.15, 0.2) is 0 Å². The zero-order chi connectivity index (χ0) is 18.1. The molecular formula is C19H29N3O2. The van der Waals surface area contributed by atoms with E-state index in [1.165, 1.54) is 12.8 Å². The van der Waals surface area contributed by atoms with Crippen LogP contribution in [0.3, 0.4) is 0 Å². The molecule has 1 aromatic heterocycles. The lowest BCUT2D eigenvalue weighted by molar-refractivity contribution is -0.121. The molecule has 0 radical (unpaired) electrons. The van der Waals surface area contributed by atoms with Crippen LogP contribution in [0.5, 0.6) is 0 Å². The van der Waals surface area contributed by atoms with Crippen LogP contribution in [-0.4, -0.2) is 17.4 Å². The van der Waals surface area contributed by atoms with Gasteiger partial charge in [-0.25, -0.2) is 0 Å². The SMILES string of the molecule is CCCCC(CC)CNC(=O)CCc1c(C)[nH]c(=O)c(C#N)c1C. The van der Waals surface area contributed by atoms with Crippen molar-refractivity contribution in [1.29, 1.82) is 5.26 Å². The number of rotatable bonds is 9. The van der Waals surface area contributed by atoms with Gasteiger partial charge in [0, 0.05) is 18.7 Å². The highest BCUT2D eigenvalue weighted by atomic mass is 16.1. The van der Waals surface area contributed by atoms with Gasteiger partial charge in [0.25, 0.3) is 5.56 Å². The lowest BCUT2D eigenvalue weighted by atomic mass is 9.98. The van der Waals surface area contributed by atoms with Gasteiger partial charge in [-0.2, -0.15) is 5.26 Å². The molecule has 132 valence electrons. The number of carbonyl (C=O) groups is 1. The summed E-state index contributed by atoms with van der Waals surface area (Å²) in [7, 11) is 0. The van der Waals surface area contributed by atoms with Crippen molar-refractivity contribution >= 4 is 5.91 Å². The molecule has 1 atom stereocenters. The molecule has 0 saturated heterocycles. The van der Waals surface area contributed by atoms with Crippen LogP contribution in [0.15, 0.2) is 4.79 Å². The largest absolute Gasteiger partial charge is 0.356 e. The van der Waals surface area contributed by atoms with Crippen molar-refractivity contribution in [3.63, 3.8) is 0 Å². The van der Waals surface area contributed by atoms with Gasteiger partial charge in [-0.15, -0.1) is 0 Å². The van der Waals surface area contributed by atoms with E-state index < -0.39 is 0 Å². The lowest BCUT2D eigenvalue weighted by Crippen LogP contribution is -2.29. The summed E-state index contributed by atoms with van der Waals surface area (Å²) in [5.41, 5.74) is 2.09. The van der Waals surface area contributed by atoms with Crippen LogP contribution in [-0.2, 0) is 11.2 Å². The van der Waals surface area contributed by atoms with E-state index in [2.05, 4.69) is 24.1 Å². The first kappa shape index (κ1) is 20.0. The molecule has 1 rings (SSSR count). The Labute approximate surface area is 144 Å². The second-order valence-corrected chi connectivity index (χ2v) is 6.39. The maximum absolute atomic E-state index is 12.1. The van der Waals surface area contributed by atoms with Crippen molar-refractivity contribution in [1.82, 2.24) is 10.3 Å². The minimum atomic E-state index is -0.359. The van der Waals surface area contributed by atoms with E-state index >= 15 is 0 Å². The van der Waals surface area contributed by atoms with Crippen molar-refractivity contribution < 1.29 is 4.79 Å². The number of unbranched alkanes of at least 4 members (excludes halogenated alkanes) is 1. The fraction of sp³-hybridized carbons (Fsp3) is 0.632. The third-order valence-electron chi connectivity index (χ3n) is 4.65. The number of hydrogen-bond acceptors (Lipinski definition) is 3. The van der Waals surface area contributed by atoms with Crippen molar-refractivity contribution in [2.24, 2.45) is 5.92 Å². The van der Waals surface area contributed by atoms with Crippen LogP contribution in [0.25, 0.3) is 0 Å². The molecule has 0 spiro atoms. The Balaban J connectivity index is 2.62. The Hall–Kier alpha value is -2.09. The minimum absolute atomic E-state index is 0.0217. The first-order valence-electron chi connectivity index (χ1n) is 8.83. The Morgan fingerprint density at radius 3 is 2.62 bits per heavy atom. The molecule has 0 saturated carbocycles. The number of aromatic amines is 1. The Morgan fingerprint density at radius 1 is 1.33 bits per heavy atom. The number of nitrogens with zero attached hydrogens (tertiary/aromatic N) is 1. The molecule has 5 nitrogen and oxygen atoms in total. The highest BCUT2D eigenvalue weighted by Crippen LogP contribution is 2.15. The van der Waals surface area contributed by atoms with Crippen molar-refractivity contribution in [2.45, 2.75) is 66.2 Å². The van der Waals surface area contributed by atoms with Crippen LogP contribution in [0.2, 0.25) is 0 Å². The van der Waals surface area contributed by atoms with E-state index in [4.69, 9.17) is 5.26 Å². The van der Waals surface area contributed by atoms with E-state index in [1.54, 1.807) is 13.8 Å². The van der Waals surface area contributed by atoms with Crippen molar-refractivity contribution in [3.05, 3.63) is 32.7 Å². The molecular weight excluding hydrogens is 302 g/mol. The molecule has 1 unspecified atom stereocenters. The molecule has 1 amide bonds. The standard InChI is InChI=1S/C19H29N3O2/c1-5-7-8-15(6-2)12-21-18(23)10-9-16-13(3)17(11-20)19(24)22-14(16)4/h15H,5-10,12H2,1-4H3,(H,21,23)(H,22,24). The zero-order valence-corrected chi connectivity index (χ0v) is 15.3. The number of aryl methyl sites for hydroxylation is 1. The molecule has 0 aromatic carbocycles. The zero-order valence-electron chi connectivity index (χ0n) is 15.3. The molecule has 1 aromatic rings. The second-order valence-electron chi connectivity index (χ2n) is 6.39. The molecule has 0 bridgehead atoms. The summed E-state index contributed by atoms with van der Waals surface area (Å²) in [6.45, 7) is 8.63. The van der Waals surface area contributed by atoms with Crippen LogP contribution >= 0.6 is 0 Å². The molecule has 0 aliphatic rings. The quantitative estimate of drug-likeness (QED) is 0.729. The van der Waals surface area contributed by atoms with Crippen LogP contribution in [0.1, 0.15) is 68.3 Å². The van der Waals surface area contributed by atoms with Gasteiger partial charge in [-0.05, 0) is 43.7 Å². The highest BCUT2D eigenvalue weighted by molar-refractivity contribution is 5.76. The summed E-state index contributed by atoms with van der Waals surface area (Å²) >= 11 is 0. The first-order chi connectivity index (χ1) is 11.4. The molecule has 24 heavy (non-hydrogen) atoms. The Bertz CT molecular complexity index is 656.